The van der Waals surface area contributed by atoms with Crippen LogP contribution in [0.3, 0.4) is 0 Å². The second-order valence-corrected chi connectivity index (χ2v) is 10.4. The van der Waals surface area contributed by atoms with E-state index in [1.807, 2.05) is 56.1 Å². The first kappa shape index (κ1) is 27.0. The maximum absolute atomic E-state index is 11.4. The van der Waals surface area contributed by atoms with Crippen LogP contribution in [0.25, 0.3) is 5.57 Å². The Morgan fingerprint density at radius 1 is 1.22 bits per heavy atom. The first-order valence-electron chi connectivity index (χ1n) is 12.7. The van der Waals surface area contributed by atoms with Gasteiger partial charge in [0.2, 0.25) is 0 Å². The van der Waals surface area contributed by atoms with Crippen LogP contribution in [0, 0.1) is 0 Å². The maximum Gasteiger partial charge on any atom is 0.410 e. The average molecular weight is 525 g/mol. The number of nitrogens with zero attached hydrogens (tertiary/aromatic N) is 4. The molecule has 2 aromatic rings. The van der Waals surface area contributed by atoms with Gasteiger partial charge in [-0.1, -0.05) is 29.8 Å². The molecule has 198 valence electrons. The number of dihydropyridines is 1. The van der Waals surface area contributed by atoms with E-state index in [0.29, 0.717) is 0 Å². The highest BCUT2D eigenvalue weighted by molar-refractivity contribution is 6.30. The average Bonchev–Trinajstić information content (AvgIpc) is 3.22. The molecule has 0 spiro atoms. The Hall–Kier alpha value is -3.07. The van der Waals surface area contributed by atoms with Crippen LogP contribution in [-0.2, 0) is 18.2 Å². The number of imidazole rings is 1. The van der Waals surface area contributed by atoms with Crippen molar-refractivity contribution >= 4 is 23.3 Å². The summed E-state index contributed by atoms with van der Waals surface area (Å²) in [5.41, 5.74) is 12.3. The van der Waals surface area contributed by atoms with Gasteiger partial charge in [0.25, 0.3) is 0 Å². The van der Waals surface area contributed by atoms with E-state index >= 15 is 0 Å². The number of rotatable bonds is 3. The van der Waals surface area contributed by atoms with Crippen molar-refractivity contribution in [2.24, 2.45) is 12.8 Å². The van der Waals surface area contributed by atoms with E-state index < -0.39 is 0 Å². The van der Waals surface area contributed by atoms with Crippen LogP contribution in [-0.4, -0.2) is 70.8 Å². The lowest BCUT2D eigenvalue weighted by Crippen LogP contribution is -2.47. The number of allylic oxidation sites excluding steroid dienone is 2. The van der Waals surface area contributed by atoms with Crippen molar-refractivity contribution in [3.63, 3.8) is 0 Å². The molecule has 1 aliphatic carbocycles. The number of carbonyl (C=O) groups excluding carboxylic acids is 1. The molecule has 0 saturated carbocycles. The number of nitrogens with two attached hydrogens (primary N) is 1. The first-order valence-corrected chi connectivity index (χ1v) is 13.1. The number of fused-ring (bicyclic) bond motifs is 2. The van der Waals surface area contributed by atoms with Crippen LogP contribution in [0.1, 0.15) is 36.7 Å². The number of likely N-dealkylation sites (N-methyl/N-ethyl adjacent to an activating group) is 1. The summed E-state index contributed by atoms with van der Waals surface area (Å²) in [5.74, 6) is 0. The van der Waals surface area contributed by atoms with E-state index in [1.165, 1.54) is 11.1 Å². The molecule has 3 heterocycles. The van der Waals surface area contributed by atoms with Crippen molar-refractivity contribution in [3.8, 4) is 0 Å². The van der Waals surface area contributed by atoms with Crippen LogP contribution >= 0.6 is 11.6 Å². The summed E-state index contributed by atoms with van der Waals surface area (Å²) in [6.45, 7) is 7.17. The summed E-state index contributed by atoms with van der Waals surface area (Å²) in [4.78, 5) is 19.6. The molecule has 2 atom stereocenters. The monoisotopic (exact) mass is 524 g/mol. The third kappa shape index (κ3) is 6.63. The minimum atomic E-state index is -0.264. The van der Waals surface area contributed by atoms with Gasteiger partial charge in [-0.2, -0.15) is 0 Å². The van der Waals surface area contributed by atoms with Crippen molar-refractivity contribution in [3.05, 3.63) is 82.6 Å². The van der Waals surface area contributed by atoms with E-state index in [1.54, 1.807) is 11.2 Å². The van der Waals surface area contributed by atoms with Gasteiger partial charge in [0.1, 0.15) is 0 Å². The number of hydrogen-bond donors (Lipinski definition) is 2. The normalized spacial score (nSPS) is 19.9. The van der Waals surface area contributed by atoms with Crippen molar-refractivity contribution in [1.29, 1.82) is 0 Å². The van der Waals surface area contributed by atoms with Crippen LogP contribution in [0.4, 0.5) is 4.79 Å². The SMILES string of the molecule is CC(C)OC(=O)N1CCN(C)CC1.Cn1cncc1C(N)C1=CC2=CC=CNC2Cc2ccc(Cl)cc21. The molecule has 0 bridgehead atoms. The van der Waals surface area contributed by atoms with Crippen LogP contribution in [0.2, 0.25) is 5.02 Å². The summed E-state index contributed by atoms with van der Waals surface area (Å²) in [6, 6.07) is 6.06. The Labute approximate surface area is 224 Å². The predicted molar refractivity (Wildman–Crippen MR) is 148 cm³/mol. The smallest absolute Gasteiger partial charge is 0.410 e. The Balaban J connectivity index is 0.000000209. The van der Waals surface area contributed by atoms with Gasteiger partial charge in [-0.05, 0) is 74.0 Å². The summed E-state index contributed by atoms with van der Waals surface area (Å²) >= 11 is 6.28. The molecule has 0 radical (unpaired) electrons. The molecule has 1 saturated heterocycles. The largest absolute Gasteiger partial charge is 0.447 e. The molecule has 2 aliphatic heterocycles. The fourth-order valence-corrected chi connectivity index (χ4v) is 4.86. The summed E-state index contributed by atoms with van der Waals surface area (Å²) in [5, 5.41) is 4.16. The van der Waals surface area contributed by atoms with Crippen molar-refractivity contribution < 1.29 is 9.53 Å². The highest BCUT2D eigenvalue weighted by atomic mass is 35.5. The Kier molecular flexibility index (Phi) is 8.74. The van der Waals surface area contributed by atoms with Gasteiger partial charge in [-0.15, -0.1) is 0 Å². The van der Waals surface area contributed by atoms with Gasteiger partial charge < -0.3 is 30.2 Å². The molecular weight excluding hydrogens is 488 g/mol. The quantitative estimate of drug-likeness (QED) is 0.633. The van der Waals surface area contributed by atoms with Gasteiger partial charge in [0.15, 0.2) is 0 Å². The second kappa shape index (κ2) is 12.0. The molecule has 1 amide bonds. The molecule has 37 heavy (non-hydrogen) atoms. The van der Waals surface area contributed by atoms with Gasteiger partial charge >= 0.3 is 6.09 Å². The number of benzene rings is 1. The molecule has 8 nitrogen and oxygen atoms in total. The van der Waals surface area contributed by atoms with Crippen LogP contribution in [0.5, 0.6) is 0 Å². The van der Waals surface area contributed by atoms with E-state index in [-0.39, 0.29) is 24.3 Å². The van der Waals surface area contributed by atoms with E-state index in [2.05, 4.69) is 40.5 Å². The van der Waals surface area contributed by atoms with Crippen LogP contribution < -0.4 is 11.1 Å². The number of hydrogen-bond acceptors (Lipinski definition) is 6. The fourth-order valence-electron chi connectivity index (χ4n) is 4.69. The molecular formula is C28H37ClN6O2. The number of nitrogens with one attached hydrogen (secondary N) is 1. The number of carbonyl (C=O) groups is 1. The summed E-state index contributed by atoms with van der Waals surface area (Å²) in [6.07, 6.45) is 12.7. The highest BCUT2D eigenvalue weighted by Crippen LogP contribution is 2.37. The zero-order valence-electron chi connectivity index (χ0n) is 22.0. The molecule has 9 heteroatoms. The predicted octanol–water partition coefficient (Wildman–Crippen LogP) is 3.90. The summed E-state index contributed by atoms with van der Waals surface area (Å²) in [7, 11) is 4.02. The van der Waals surface area contributed by atoms with Gasteiger partial charge in [0, 0.05) is 38.2 Å². The molecule has 2 unspecified atom stereocenters. The minimum absolute atomic E-state index is 0.0212. The zero-order valence-corrected chi connectivity index (χ0v) is 22.8. The topological polar surface area (TPSA) is 88.7 Å². The van der Waals surface area contributed by atoms with Gasteiger partial charge in [0.05, 0.1) is 36.4 Å². The highest BCUT2D eigenvalue weighted by Gasteiger charge is 2.26. The second-order valence-electron chi connectivity index (χ2n) is 9.98. The Morgan fingerprint density at radius 3 is 2.65 bits per heavy atom. The molecule has 3 N–H and O–H groups in total. The first-order chi connectivity index (χ1) is 17.7. The number of piperazine rings is 1. The number of amides is 1. The maximum atomic E-state index is 11.4. The Bertz CT molecular complexity index is 1190. The van der Waals surface area contributed by atoms with E-state index in [4.69, 9.17) is 22.1 Å². The number of aromatic nitrogens is 2. The van der Waals surface area contributed by atoms with Gasteiger partial charge in [-0.25, -0.2) is 9.78 Å². The van der Waals surface area contributed by atoms with Gasteiger partial charge in [-0.3, -0.25) is 0 Å². The molecule has 1 aromatic carbocycles. The Morgan fingerprint density at radius 2 is 1.97 bits per heavy atom. The van der Waals surface area contributed by atoms with Crippen molar-refractivity contribution in [1.82, 2.24) is 24.7 Å². The number of halogens is 1. The van der Waals surface area contributed by atoms with Crippen molar-refractivity contribution in [2.45, 2.75) is 38.5 Å². The van der Waals surface area contributed by atoms with Crippen LogP contribution in [0.15, 0.2) is 60.7 Å². The minimum Gasteiger partial charge on any atom is -0.447 e. The molecule has 3 aliphatic rings. The van der Waals surface area contributed by atoms with Crippen molar-refractivity contribution in [2.75, 3.05) is 33.2 Å². The summed E-state index contributed by atoms with van der Waals surface area (Å²) < 4.78 is 7.06. The fraction of sp³-hybridized carbons (Fsp3) is 0.429. The lowest BCUT2D eigenvalue weighted by atomic mass is 9.93. The number of aryl methyl sites for hydroxylation is 1. The molecule has 1 aromatic heterocycles. The standard InChI is InChI=1S/C19H19ClN4.C9H18N2O2/c1-24-11-22-10-18(24)19(21)16-7-13-3-2-6-23-17(13)8-12-4-5-14(20)9-15(12)16;1-8(2)13-9(12)11-6-4-10(3)5-7-11/h2-7,9-11,17,19,23H,8,21H2,1H3;8H,4-7H2,1-3H3. The zero-order chi connectivity index (χ0) is 26.5. The lowest BCUT2D eigenvalue weighted by molar-refractivity contribution is 0.0612. The molecule has 5 rings (SSSR count). The lowest BCUT2D eigenvalue weighted by Gasteiger charge is -2.32. The van der Waals surface area contributed by atoms with E-state index in [9.17, 15) is 4.79 Å². The third-order valence-electron chi connectivity index (χ3n) is 6.82. The molecule has 1 fully saturated rings. The van der Waals surface area contributed by atoms with E-state index in [0.717, 1.165) is 54.5 Å². The number of ether oxygens (including phenoxy) is 1. The third-order valence-corrected chi connectivity index (χ3v) is 7.05.